The van der Waals surface area contributed by atoms with E-state index < -0.39 is 0 Å². The van der Waals surface area contributed by atoms with Gasteiger partial charge in [-0.25, -0.2) is 0 Å². The number of benzene rings is 1. The van der Waals surface area contributed by atoms with Crippen molar-refractivity contribution in [1.82, 2.24) is 5.32 Å². The Morgan fingerprint density at radius 1 is 1.47 bits per heavy atom. The van der Waals surface area contributed by atoms with Gasteiger partial charge in [0.25, 0.3) is 0 Å². The quantitative estimate of drug-likeness (QED) is 0.796. The molecule has 2 unspecified atom stereocenters. The van der Waals surface area contributed by atoms with Crippen LogP contribution in [0, 0.1) is 5.92 Å². The molecule has 0 heterocycles. The van der Waals surface area contributed by atoms with E-state index in [4.69, 9.17) is 4.74 Å². The topological polar surface area (TPSA) is 41.5 Å². The Morgan fingerprint density at radius 2 is 2.29 bits per heavy atom. The van der Waals surface area contributed by atoms with Gasteiger partial charge in [0.15, 0.2) is 11.5 Å². The Labute approximate surface area is 103 Å². The highest BCUT2D eigenvalue weighted by Crippen LogP contribution is 2.35. The first-order valence-electron chi connectivity index (χ1n) is 6.34. The van der Waals surface area contributed by atoms with Crippen LogP contribution < -0.4 is 10.1 Å². The average molecular weight is 235 g/mol. The second kappa shape index (κ2) is 5.41. The van der Waals surface area contributed by atoms with Crippen molar-refractivity contribution >= 4 is 0 Å². The summed E-state index contributed by atoms with van der Waals surface area (Å²) in [5, 5.41) is 13.4. The molecule has 1 aromatic carbocycles. The van der Waals surface area contributed by atoms with Crippen LogP contribution in [-0.4, -0.2) is 18.3 Å². The SMILES string of the molecule is CCCC1CC1NCc1cccc(OC)c1O. The minimum Gasteiger partial charge on any atom is -0.504 e. The van der Waals surface area contributed by atoms with Crippen LogP contribution in [0.25, 0.3) is 0 Å². The van der Waals surface area contributed by atoms with Crippen molar-refractivity contribution in [2.45, 2.75) is 38.8 Å². The maximum absolute atomic E-state index is 9.93. The maximum Gasteiger partial charge on any atom is 0.162 e. The van der Waals surface area contributed by atoms with E-state index in [1.807, 2.05) is 12.1 Å². The summed E-state index contributed by atoms with van der Waals surface area (Å²) in [5.41, 5.74) is 0.909. The van der Waals surface area contributed by atoms with Crippen molar-refractivity contribution in [2.75, 3.05) is 7.11 Å². The number of phenolic OH excluding ortho intramolecular Hbond substituents is 1. The van der Waals surface area contributed by atoms with Gasteiger partial charge in [0.2, 0.25) is 0 Å². The summed E-state index contributed by atoms with van der Waals surface area (Å²) in [7, 11) is 1.57. The van der Waals surface area contributed by atoms with Crippen LogP contribution in [-0.2, 0) is 6.54 Å². The molecular formula is C14H21NO2. The second-order valence-corrected chi connectivity index (χ2v) is 4.74. The summed E-state index contributed by atoms with van der Waals surface area (Å²) in [4.78, 5) is 0. The lowest BCUT2D eigenvalue weighted by atomic mass is 10.2. The molecule has 1 saturated carbocycles. The standard InChI is InChI=1S/C14H21NO2/c1-3-5-10-8-12(10)15-9-11-6-4-7-13(17-2)14(11)16/h4,6-7,10,12,15-16H,3,5,8-9H2,1-2H3. The van der Waals surface area contributed by atoms with Crippen LogP contribution in [0.1, 0.15) is 31.7 Å². The number of hydrogen-bond donors (Lipinski definition) is 2. The van der Waals surface area contributed by atoms with Gasteiger partial charge in [-0.15, -0.1) is 0 Å². The summed E-state index contributed by atoms with van der Waals surface area (Å²) < 4.78 is 5.09. The lowest BCUT2D eigenvalue weighted by Crippen LogP contribution is -2.17. The van der Waals surface area contributed by atoms with Crippen molar-refractivity contribution in [1.29, 1.82) is 0 Å². The summed E-state index contributed by atoms with van der Waals surface area (Å²) >= 11 is 0. The molecule has 0 bridgehead atoms. The van der Waals surface area contributed by atoms with E-state index in [1.54, 1.807) is 13.2 Å². The third kappa shape index (κ3) is 2.91. The van der Waals surface area contributed by atoms with Gasteiger partial charge in [-0.3, -0.25) is 0 Å². The monoisotopic (exact) mass is 235 g/mol. The molecule has 0 aromatic heterocycles. The van der Waals surface area contributed by atoms with Crippen molar-refractivity contribution < 1.29 is 9.84 Å². The molecule has 1 aromatic rings. The molecule has 0 saturated heterocycles. The first-order valence-corrected chi connectivity index (χ1v) is 6.34. The summed E-state index contributed by atoms with van der Waals surface area (Å²) in [6.45, 7) is 2.94. The molecule has 3 heteroatoms. The number of ether oxygens (including phenoxy) is 1. The first-order chi connectivity index (χ1) is 8.26. The Bertz CT molecular complexity index is 378. The molecule has 0 radical (unpaired) electrons. The molecule has 0 spiro atoms. The van der Waals surface area contributed by atoms with E-state index in [9.17, 15) is 5.11 Å². The van der Waals surface area contributed by atoms with Crippen molar-refractivity contribution in [3.8, 4) is 11.5 Å². The van der Waals surface area contributed by atoms with E-state index in [1.165, 1.54) is 19.3 Å². The summed E-state index contributed by atoms with van der Waals surface area (Å²) in [6, 6.07) is 6.25. The van der Waals surface area contributed by atoms with Gasteiger partial charge in [-0.05, 0) is 24.8 Å². The molecule has 2 rings (SSSR count). The Morgan fingerprint density at radius 3 is 3.00 bits per heavy atom. The van der Waals surface area contributed by atoms with Crippen LogP contribution in [0.4, 0.5) is 0 Å². The average Bonchev–Trinajstić information content (AvgIpc) is 3.07. The zero-order chi connectivity index (χ0) is 12.3. The smallest absolute Gasteiger partial charge is 0.162 e. The predicted octanol–water partition coefficient (Wildman–Crippen LogP) is 2.68. The molecule has 2 N–H and O–H groups in total. The van der Waals surface area contributed by atoms with Gasteiger partial charge in [-0.2, -0.15) is 0 Å². The highest BCUT2D eigenvalue weighted by molar-refractivity contribution is 5.45. The molecule has 0 amide bonds. The predicted molar refractivity (Wildman–Crippen MR) is 68.3 cm³/mol. The summed E-state index contributed by atoms with van der Waals surface area (Å²) in [5.74, 6) is 1.65. The third-order valence-electron chi connectivity index (χ3n) is 3.44. The number of hydrogen-bond acceptors (Lipinski definition) is 3. The fourth-order valence-corrected chi connectivity index (χ4v) is 2.30. The van der Waals surface area contributed by atoms with E-state index >= 15 is 0 Å². The lowest BCUT2D eigenvalue weighted by Gasteiger charge is -2.09. The molecular weight excluding hydrogens is 214 g/mol. The molecule has 1 aliphatic carbocycles. The molecule has 94 valence electrons. The maximum atomic E-state index is 9.93. The van der Waals surface area contributed by atoms with E-state index in [0.29, 0.717) is 18.3 Å². The van der Waals surface area contributed by atoms with Crippen LogP contribution in [0.15, 0.2) is 18.2 Å². The van der Waals surface area contributed by atoms with E-state index in [-0.39, 0.29) is 5.75 Å². The van der Waals surface area contributed by atoms with Gasteiger partial charge in [0, 0.05) is 18.2 Å². The number of nitrogens with one attached hydrogen (secondary N) is 1. The van der Waals surface area contributed by atoms with E-state index in [2.05, 4.69) is 12.2 Å². The van der Waals surface area contributed by atoms with Crippen LogP contribution in [0.2, 0.25) is 0 Å². The normalized spacial score (nSPS) is 22.5. The van der Waals surface area contributed by atoms with Crippen molar-refractivity contribution in [3.63, 3.8) is 0 Å². The summed E-state index contributed by atoms with van der Waals surface area (Å²) in [6.07, 6.45) is 3.84. The Balaban J connectivity index is 1.87. The van der Waals surface area contributed by atoms with Gasteiger partial charge < -0.3 is 15.2 Å². The lowest BCUT2D eigenvalue weighted by molar-refractivity contribution is 0.369. The highest BCUT2D eigenvalue weighted by Gasteiger charge is 2.35. The van der Waals surface area contributed by atoms with Gasteiger partial charge in [0.1, 0.15) is 0 Å². The fourth-order valence-electron chi connectivity index (χ4n) is 2.30. The Kier molecular flexibility index (Phi) is 3.89. The molecule has 3 nitrogen and oxygen atoms in total. The zero-order valence-corrected chi connectivity index (χ0v) is 10.6. The zero-order valence-electron chi connectivity index (χ0n) is 10.6. The fraction of sp³-hybridized carbons (Fsp3) is 0.571. The van der Waals surface area contributed by atoms with Crippen molar-refractivity contribution in [2.24, 2.45) is 5.92 Å². The van der Waals surface area contributed by atoms with Crippen LogP contribution in [0.3, 0.4) is 0 Å². The largest absolute Gasteiger partial charge is 0.504 e. The minimum atomic E-state index is 0.259. The second-order valence-electron chi connectivity index (χ2n) is 4.74. The van der Waals surface area contributed by atoms with Gasteiger partial charge in [-0.1, -0.05) is 25.5 Å². The Hall–Kier alpha value is -1.22. The minimum absolute atomic E-state index is 0.259. The van der Waals surface area contributed by atoms with Crippen LogP contribution in [0.5, 0.6) is 11.5 Å². The first kappa shape index (κ1) is 12.2. The molecule has 1 fully saturated rings. The number of aromatic hydroxyl groups is 1. The highest BCUT2D eigenvalue weighted by atomic mass is 16.5. The van der Waals surface area contributed by atoms with Crippen LogP contribution >= 0.6 is 0 Å². The molecule has 17 heavy (non-hydrogen) atoms. The van der Waals surface area contributed by atoms with Crippen molar-refractivity contribution in [3.05, 3.63) is 23.8 Å². The molecule has 0 aliphatic heterocycles. The number of rotatable bonds is 6. The number of para-hydroxylation sites is 1. The number of phenols is 1. The van der Waals surface area contributed by atoms with Gasteiger partial charge in [0.05, 0.1) is 7.11 Å². The van der Waals surface area contributed by atoms with E-state index in [0.717, 1.165) is 11.5 Å². The third-order valence-corrected chi connectivity index (χ3v) is 3.44. The molecule has 2 atom stereocenters. The van der Waals surface area contributed by atoms with Gasteiger partial charge >= 0.3 is 0 Å². The molecule has 1 aliphatic rings. The number of methoxy groups -OCH3 is 1.